The highest BCUT2D eigenvalue weighted by molar-refractivity contribution is 6.33. The van der Waals surface area contributed by atoms with Crippen molar-refractivity contribution in [3.63, 3.8) is 0 Å². The monoisotopic (exact) mass is 460 g/mol. The molecule has 0 bridgehead atoms. The lowest BCUT2D eigenvalue weighted by atomic mass is 10.1. The summed E-state index contributed by atoms with van der Waals surface area (Å²) in [6.07, 6.45) is 6.68. The number of rotatable bonds is 5. The Balaban J connectivity index is 1.78. The van der Waals surface area contributed by atoms with Crippen LogP contribution in [0.25, 0.3) is 11.1 Å². The molecule has 1 unspecified atom stereocenters. The van der Waals surface area contributed by atoms with Gasteiger partial charge >= 0.3 is 0 Å². The molecule has 4 rings (SSSR count). The quantitative estimate of drug-likeness (QED) is 0.455. The number of fused-ring (bicyclic) bond motifs is 1. The molecule has 1 atom stereocenters. The minimum atomic E-state index is -0.662. The number of halogens is 3. The van der Waals surface area contributed by atoms with Crippen molar-refractivity contribution in [2.45, 2.75) is 39.0 Å². The van der Waals surface area contributed by atoms with E-state index in [4.69, 9.17) is 39.1 Å². The van der Waals surface area contributed by atoms with Crippen LogP contribution in [0.5, 0.6) is 17.2 Å². The smallest absolute Gasteiger partial charge is 0.276 e. The van der Waals surface area contributed by atoms with Gasteiger partial charge in [-0.1, -0.05) is 41.3 Å². The molecular weight excluding hydrogens is 442 g/mol. The summed E-state index contributed by atoms with van der Waals surface area (Å²) >= 11 is 12.7. The summed E-state index contributed by atoms with van der Waals surface area (Å²) in [7, 11) is 0. The number of aromatic nitrogens is 2. The first-order valence-electron chi connectivity index (χ1n) is 9.79. The maximum absolute atomic E-state index is 14.9. The van der Waals surface area contributed by atoms with E-state index < -0.39 is 11.9 Å². The predicted molar refractivity (Wildman–Crippen MR) is 119 cm³/mol. The summed E-state index contributed by atoms with van der Waals surface area (Å²) in [5.41, 5.74) is -0.226. The number of para-hydroxylation sites is 2. The molecule has 2 aromatic carbocycles. The Morgan fingerprint density at radius 2 is 1.77 bits per heavy atom. The predicted octanol–water partition coefficient (Wildman–Crippen LogP) is 5.75. The van der Waals surface area contributed by atoms with Gasteiger partial charge in [-0.25, -0.2) is 9.07 Å². The summed E-state index contributed by atoms with van der Waals surface area (Å²) in [5, 5.41) is 0.240. The molecule has 3 aromatic rings. The fourth-order valence-electron chi connectivity index (χ4n) is 3.53. The van der Waals surface area contributed by atoms with Crippen molar-refractivity contribution in [2.24, 2.45) is 0 Å². The maximum Gasteiger partial charge on any atom is 0.276 e. The lowest BCUT2D eigenvalue weighted by molar-refractivity contribution is 0.267. The molecule has 0 radical (unpaired) electrons. The summed E-state index contributed by atoms with van der Waals surface area (Å²) in [4.78, 5) is 12.9. The Morgan fingerprint density at radius 3 is 2.45 bits per heavy atom. The molecule has 1 aliphatic heterocycles. The lowest BCUT2D eigenvalue weighted by Crippen LogP contribution is -2.27. The van der Waals surface area contributed by atoms with E-state index in [1.165, 1.54) is 6.07 Å². The van der Waals surface area contributed by atoms with Crippen molar-refractivity contribution >= 4 is 23.2 Å². The van der Waals surface area contributed by atoms with E-state index >= 15 is 0 Å². The van der Waals surface area contributed by atoms with Crippen LogP contribution in [0.4, 0.5) is 4.39 Å². The molecule has 5 nitrogen and oxygen atoms in total. The van der Waals surface area contributed by atoms with Crippen LogP contribution in [0.3, 0.4) is 0 Å². The first-order chi connectivity index (χ1) is 14.9. The van der Waals surface area contributed by atoms with Gasteiger partial charge in [-0.2, -0.15) is 0 Å². The average molecular weight is 461 g/mol. The fraction of sp³-hybridized carbons (Fsp3) is 0.261. The van der Waals surface area contributed by atoms with Crippen molar-refractivity contribution in [2.75, 3.05) is 0 Å². The van der Waals surface area contributed by atoms with E-state index in [0.717, 1.165) is 18.9 Å². The largest absolute Gasteiger partial charge is 0.474 e. The van der Waals surface area contributed by atoms with Crippen LogP contribution in [0.15, 0.2) is 41.2 Å². The van der Waals surface area contributed by atoms with E-state index in [9.17, 15) is 9.18 Å². The molecule has 160 valence electrons. The van der Waals surface area contributed by atoms with E-state index in [-0.39, 0.29) is 32.6 Å². The Kier molecular flexibility index (Phi) is 5.99. The van der Waals surface area contributed by atoms with Crippen LogP contribution >= 0.6 is 23.2 Å². The van der Waals surface area contributed by atoms with Gasteiger partial charge in [-0.3, -0.25) is 9.48 Å². The van der Waals surface area contributed by atoms with Crippen LogP contribution in [-0.2, 0) is 13.1 Å². The lowest BCUT2D eigenvalue weighted by Gasteiger charge is -2.17. The molecule has 0 saturated carbocycles. The molecule has 2 heterocycles. The second-order valence-corrected chi connectivity index (χ2v) is 7.93. The number of benzene rings is 2. The van der Waals surface area contributed by atoms with Gasteiger partial charge < -0.3 is 9.47 Å². The van der Waals surface area contributed by atoms with Crippen LogP contribution in [0.2, 0.25) is 10.2 Å². The molecule has 8 heteroatoms. The molecular formula is C23H19Cl2FN2O3. The molecule has 1 aromatic heterocycles. The average Bonchev–Trinajstić information content (AvgIpc) is 3.02. The van der Waals surface area contributed by atoms with Crippen LogP contribution in [0.1, 0.15) is 19.8 Å². The van der Waals surface area contributed by atoms with Crippen molar-refractivity contribution in [1.29, 1.82) is 0 Å². The highest BCUT2D eigenvalue weighted by Crippen LogP contribution is 2.40. The zero-order valence-electron chi connectivity index (χ0n) is 16.7. The number of nitrogens with zero attached hydrogens (tertiary/aromatic N) is 2. The summed E-state index contributed by atoms with van der Waals surface area (Å²) in [5.74, 6) is 2.74. The first kappa shape index (κ1) is 21.4. The van der Waals surface area contributed by atoms with E-state index in [1.54, 1.807) is 40.6 Å². The Labute approximate surface area is 188 Å². The van der Waals surface area contributed by atoms with Gasteiger partial charge in [0.05, 0.1) is 10.6 Å². The van der Waals surface area contributed by atoms with Crippen LogP contribution < -0.4 is 15.0 Å². The summed E-state index contributed by atoms with van der Waals surface area (Å²) < 4.78 is 29.7. The van der Waals surface area contributed by atoms with Gasteiger partial charge in [0.15, 0.2) is 17.6 Å². The summed E-state index contributed by atoms with van der Waals surface area (Å²) in [6, 6.07) is 9.40. The molecule has 1 aliphatic rings. The van der Waals surface area contributed by atoms with Crippen molar-refractivity contribution in [3.8, 4) is 40.7 Å². The number of terminal acetylenes is 1. The van der Waals surface area contributed by atoms with Gasteiger partial charge in [-0.15, -0.1) is 6.42 Å². The standard InChI is InChI=1S/C23H19Cl2FN2O3/c1-3-14(2)30-18-8-4-5-9-19(18)31-20-12-15(17(26)13-16(20)24)21-22(25)27-10-6-7-11-28(27)23(21)29/h1,4-5,8-9,12-14H,6-7,10-11H2,2H3. The Morgan fingerprint density at radius 1 is 1.10 bits per heavy atom. The molecule has 0 spiro atoms. The number of hydrogen-bond acceptors (Lipinski definition) is 3. The summed E-state index contributed by atoms with van der Waals surface area (Å²) in [6.45, 7) is 2.87. The molecule has 0 aliphatic carbocycles. The normalized spacial score (nSPS) is 13.9. The third kappa shape index (κ3) is 4.04. The van der Waals surface area contributed by atoms with Crippen LogP contribution in [-0.4, -0.2) is 15.5 Å². The van der Waals surface area contributed by atoms with Crippen molar-refractivity contribution < 1.29 is 13.9 Å². The first-order valence-corrected chi connectivity index (χ1v) is 10.5. The molecule has 0 amide bonds. The number of ether oxygens (including phenoxy) is 2. The molecule has 0 saturated heterocycles. The van der Waals surface area contributed by atoms with Gasteiger partial charge in [0, 0.05) is 18.7 Å². The Hall–Kier alpha value is -2.88. The molecule has 0 fully saturated rings. The molecule has 0 N–H and O–H groups in total. The highest BCUT2D eigenvalue weighted by Gasteiger charge is 2.25. The zero-order chi connectivity index (χ0) is 22.1. The van der Waals surface area contributed by atoms with Crippen molar-refractivity contribution in [3.05, 3.63) is 62.7 Å². The zero-order valence-corrected chi connectivity index (χ0v) is 18.2. The van der Waals surface area contributed by atoms with Gasteiger partial charge in [0.2, 0.25) is 0 Å². The fourth-order valence-corrected chi connectivity index (χ4v) is 4.07. The van der Waals surface area contributed by atoms with Gasteiger partial charge in [0.1, 0.15) is 16.7 Å². The second-order valence-electron chi connectivity index (χ2n) is 7.16. The van der Waals surface area contributed by atoms with E-state index in [0.29, 0.717) is 24.6 Å². The third-order valence-electron chi connectivity index (χ3n) is 5.06. The second kappa shape index (κ2) is 8.70. The van der Waals surface area contributed by atoms with Gasteiger partial charge in [-0.05, 0) is 44.0 Å². The topological polar surface area (TPSA) is 45.4 Å². The Bertz CT molecular complexity index is 1240. The SMILES string of the molecule is C#CC(C)Oc1ccccc1Oc1cc(-c2c(Cl)n3n(c2=O)CCCC3)c(F)cc1Cl. The number of hydrogen-bond donors (Lipinski definition) is 0. The van der Waals surface area contributed by atoms with Gasteiger partial charge in [0.25, 0.3) is 5.56 Å². The minimum absolute atomic E-state index is 0.0270. The van der Waals surface area contributed by atoms with E-state index in [2.05, 4.69) is 5.92 Å². The minimum Gasteiger partial charge on any atom is -0.474 e. The maximum atomic E-state index is 14.9. The molecule has 31 heavy (non-hydrogen) atoms. The highest BCUT2D eigenvalue weighted by atomic mass is 35.5. The van der Waals surface area contributed by atoms with E-state index in [1.807, 2.05) is 0 Å². The van der Waals surface area contributed by atoms with Crippen molar-refractivity contribution in [1.82, 2.24) is 9.36 Å². The van der Waals surface area contributed by atoms with Crippen LogP contribution in [0, 0.1) is 18.2 Å². The third-order valence-corrected chi connectivity index (χ3v) is 5.74.